The van der Waals surface area contributed by atoms with Crippen LogP contribution in [0.25, 0.3) is 0 Å². The predicted molar refractivity (Wildman–Crippen MR) is 40.4 cm³/mol. The largest absolute Gasteiger partial charge is 0.357 e. The van der Waals surface area contributed by atoms with E-state index in [0.717, 1.165) is 6.42 Å². The maximum atomic E-state index is 9.15. The van der Waals surface area contributed by atoms with Gasteiger partial charge in [0.05, 0.1) is 6.61 Å². The standard InChI is InChI=1S/C6H13BrO2/c1-3-5-9-6(7,8)4-2/h8H,3-5H2,1-2H3. The minimum atomic E-state index is -1.09. The van der Waals surface area contributed by atoms with Crippen molar-refractivity contribution in [3.63, 3.8) is 0 Å². The number of aliphatic hydroxyl groups is 1. The number of ether oxygens (including phenoxy) is 1. The zero-order valence-corrected chi connectivity index (χ0v) is 7.44. The summed E-state index contributed by atoms with van der Waals surface area (Å²) in [6, 6.07) is 0. The van der Waals surface area contributed by atoms with E-state index in [9.17, 15) is 0 Å². The molecule has 0 radical (unpaired) electrons. The average molecular weight is 197 g/mol. The number of hydrogen-bond donors (Lipinski definition) is 1. The summed E-state index contributed by atoms with van der Waals surface area (Å²) in [4.78, 5) is 0. The minimum absolute atomic E-state index is 0.562. The molecule has 0 fully saturated rings. The van der Waals surface area contributed by atoms with Gasteiger partial charge in [-0.25, -0.2) is 0 Å². The normalized spacial score (nSPS) is 17.3. The highest BCUT2D eigenvalue weighted by Crippen LogP contribution is 2.19. The Morgan fingerprint density at radius 1 is 1.56 bits per heavy atom. The van der Waals surface area contributed by atoms with E-state index in [1.54, 1.807) is 0 Å². The molecule has 0 saturated heterocycles. The molecule has 0 aromatic rings. The fraction of sp³-hybridized carbons (Fsp3) is 1.00. The summed E-state index contributed by atoms with van der Waals surface area (Å²) in [6.07, 6.45) is 1.49. The van der Waals surface area contributed by atoms with Crippen LogP contribution in [0.3, 0.4) is 0 Å². The molecule has 0 aromatic heterocycles. The van der Waals surface area contributed by atoms with Gasteiger partial charge in [-0.2, -0.15) is 0 Å². The third kappa shape index (κ3) is 4.88. The van der Waals surface area contributed by atoms with Gasteiger partial charge in [0, 0.05) is 6.42 Å². The lowest BCUT2D eigenvalue weighted by atomic mass is 10.4. The van der Waals surface area contributed by atoms with Crippen molar-refractivity contribution in [2.75, 3.05) is 6.61 Å². The van der Waals surface area contributed by atoms with Crippen LogP contribution in [0.1, 0.15) is 26.7 Å². The SMILES string of the molecule is CCCOC(O)(Br)CC. The van der Waals surface area contributed by atoms with Crippen LogP contribution in [0.4, 0.5) is 0 Å². The maximum absolute atomic E-state index is 9.15. The summed E-state index contributed by atoms with van der Waals surface area (Å²) in [5.74, 6) is 0. The topological polar surface area (TPSA) is 29.5 Å². The summed E-state index contributed by atoms with van der Waals surface area (Å²) in [6.45, 7) is 4.44. The summed E-state index contributed by atoms with van der Waals surface area (Å²) in [5, 5.41) is 9.15. The maximum Gasteiger partial charge on any atom is 0.223 e. The van der Waals surface area contributed by atoms with Crippen molar-refractivity contribution in [1.29, 1.82) is 0 Å². The molecule has 1 unspecified atom stereocenters. The molecule has 0 bridgehead atoms. The second kappa shape index (κ2) is 4.25. The number of alkyl halides is 1. The first kappa shape index (κ1) is 9.40. The molecule has 2 nitrogen and oxygen atoms in total. The van der Waals surface area contributed by atoms with Gasteiger partial charge in [0.25, 0.3) is 0 Å². The first-order valence-corrected chi connectivity index (χ1v) is 3.97. The summed E-state index contributed by atoms with van der Waals surface area (Å²) >= 11 is 3.02. The molecule has 0 heterocycles. The number of rotatable bonds is 4. The molecule has 9 heavy (non-hydrogen) atoms. The van der Waals surface area contributed by atoms with Crippen molar-refractivity contribution < 1.29 is 9.84 Å². The van der Waals surface area contributed by atoms with Crippen molar-refractivity contribution >= 4 is 15.9 Å². The van der Waals surface area contributed by atoms with E-state index in [1.807, 2.05) is 13.8 Å². The third-order valence-electron chi connectivity index (χ3n) is 0.963. The van der Waals surface area contributed by atoms with Gasteiger partial charge in [-0.15, -0.1) is 0 Å². The zero-order valence-electron chi connectivity index (χ0n) is 5.85. The Labute approximate surface area is 64.3 Å². The number of hydrogen-bond acceptors (Lipinski definition) is 2. The van der Waals surface area contributed by atoms with Crippen molar-refractivity contribution in [3.8, 4) is 0 Å². The summed E-state index contributed by atoms with van der Waals surface area (Å²) in [5.41, 5.74) is 0. The van der Waals surface area contributed by atoms with Crippen LogP contribution in [0.2, 0.25) is 0 Å². The lowest BCUT2D eigenvalue weighted by Gasteiger charge is -2.18. The van der Waals surface area contributed by atoms with E-state index in [2.05, 4.69) is 15.9 Å². The molecular formula is C6H13BrO2. The first-order chi connectivity index (χ1) is 4.12. The fourth-order valence-corrected chi connectivity index (χ4v) is 0.522. The molecule has 56 valence electrons. The second-order valence-corrected chi connectivity index (χ2v) is 3.13. The Morgan fingerprint density at radius 2 is 2.11 bits per heavy atom. The summed E-state index contributed by atoms with van der Waals surface area (Å²) < 4.78 is 3.91. The average Bonchev–Trinajstić information content (AvgIpc) is 1.84. The zero-order chi connectivity index (χ0) is 7.33. The fourth-order valence-electron chi connectivity index (χ4n) is 0.361. The highest BCUT2D eigenvalue weighted by atomic mass is 79.9. The molecule has 0 amide bonds. The van der Waals surface area contributed by atoms with Crippen LogP contribution in [-0.2, 0) is 4.74 Å². The van der Waals surface area contributed by atoms with Crippen molar-refractivity contribution in [2.45, 2.75) is 31.4 Å². The predicted octanol–water partition coefficient (Wildman–Crippen LogP) is 1.86. The highest BCUT2D eigenvalue weighted by Gasteiger charge is 2.18. The van der Waals surface area contributed by atoms with E-state index < -0.39 is 4.70 Å². The van der Waals surface area contributed by atoms with Crippen LogP contribution in [-0.4, -0.2) is 16.4 Å². The lowest BCUT2D eigenvalue weighted by Crippen LogP contribution is -2.23. The Hall–Kier alpha value is 0.400. The van der Waals surface area contributed by atoms with E-state index in [-0.39, 0.29) is 0 Å². The molecule has 0 spiro atoms. The number of halogens is 1. The molecule has 0 aliphatic heterocycles. The second-order valence-electron chi connectivity index (χ2n) is 1.89. The monoisotopic (exact) mass is 196 g/mol. The molecule has 3 heteroatoms. The van der Waals surface area contributed by atoms with Gasteiger partial charge in [-0.05, 0) is 22.4 Å². The van der Waals surface area contributed by atoms with E-state index in [1.165, 1.54) is 0 Å². The molecule has 0 rings (SSSR count). The molecule has 0 aliphatic rings. The minimum Gasteiger partial charge on any atom is -0.357 e. The first-order valence-electron chi connectivity index (χ1n) is 3.17. The molecule has 0 aliphatic carbocycles. The van der Waals surface area contributed by atoms with Gasteiger partial charge < -0.3 is 9.84 Å². The van der Waals surface area contributed by atoms with Crippen LogP contribution in [0, 0.1) is 0 Å². The molecule has 0 aromatic carbocycles. The van der Waals surface area contributed by atoms with E-state index in [4.69, 9.17) is 9.84 Å². The smallest absolute Gasteiger partial charge is 0.223 e. The van der Waals surface area contributed by atoms with Gasteiger partial charge in [0.1, 0.15) is 0 Å². The van der Waals surface area contributed by atoms with Gasteiger partial charge in [-0.3, -0.25) is 0 Å². The van der Waals surface area contributed by atoms with Crippen LogP contribution < -0.4 is 0 Å². The van der Waals surface area contributed by atoms with Gasteiger partial charge in [0.2, 0.25) is 4.70 Å². The molecular weight excluding hydrogens is 184 g/mol. The Balaban J connectivity index is 3.33. The van der Waals surface area contributed by atoms with Crippen LogP contribution >= 0.6 is 15.9 Å². The quantitative estimate of drug-likeness (QED) is 0.550. The van der Waals surface area contributed by atoms with E-state index in [0.29, 0.717) is 13.0 Å². The van der Waals surface area contributed by atoms with Gasteiger partial charge >= 0.3 is 0 Å². The van der Waals surface area contributed by atoms with Gasteiger partial charge in [-0.1, -0.05) is 13.8 Å². The highest BCUT2D eigenvalue weighted by molar-refractivity contribution is 9.09. The van der Waals surface area contributed by atoms with Crippen molar-refractivity contribution in [2.24, 2.45) is 0 Å². The molecule has 1 N–H and O–H groups in total. The van der Waals surface area contributed by atoms with Crippen molar-refractivity contribution in [1.82, 2.24) is 0 Å². The molecule has 0 saturated carbocycles. The van der Waals surface area contributed by atoms with Gasteiger partial charge in [0.15, 0.2) is 0 Å². The van der Waals surface area contributed by atoms with Crippen LogP contribution in [0.5, 0.6) is 0 Å². The third-order valence-corrected chi connectivity index (χ3v) is 1.75. The Bertz CT molecular complexity index is 73.5. The Kier molecular flexibility index (Phi) is 4.44. The van der Waals surface area contributed by atoms with E-state index >= 15 is 0 Å². The lowest BCUT2D eigenvalue weighted by molar-refractivity contribution is -0.125. The summed E-state index contributed by atoms with van der Waals surface area (Å²) in [7, 11) is 0. The van der Waals surface area contributed by atoms with Crippen LogP contribution in [0.15, 0.2) is 0 Å². The van der Waals surface area contributed by atoms with Crippen molar-refractivity contribution in [3.05, 3.63) is 0 Å². The Morgan fingerprint density at radius 3 is 2.44 bits per heavy atom. The molecule has 1 atom stereocenters.